The van der Waals surface area contributed by atoms with E-state index in [9.17, 15) is 4.79 Å². The van der Waals surface area contributed by atoms with Gasteiger partial charge in [-0.25, -0.2) is 0 Å². The maximum Gasteiger partial charge on any atom is 0.230 e. The molecule has 0 bridgehead atoms. The molecule has 1 N–H and O–H groups in total. The lowest BCUT2D eigenvalue weighted by molar-refractivity contribution is -0.123. The highest BCUT2D eigenvalue weighted by Crippen LogP contribution is 2.48. The van der Waals surface area contributed by atoms with Gasteiger partial charge in [0, 0.05) is 6.54 Å². The highest BCUT2D eigenvalue weighted by atomic mass is 16.2. The zero-order valence-electron chi connectivity index (χ0n) is 13.7. The number of likely N-dealkylation sites (tertiary alicyclic amines) is 1. The molecule has 0 atom stereocenters. The monoisotopic (exact) mass is 300 g/mol. The van der Waals surface area contributed by atoms with Crippen LogP contribution in [0.2, 0.25) is 0 Å². The summed E-state index contributed by atoms with van der Waals surface area (Å²) in [5, 5.41) is 3.17. The van der Waals surface area contributed by atoms with Crippen molar-refractivity contribution in [1.29, 1.82) is 0 Å². The van der Waals surface area contributed by atoms with Gasteiger partial charge >= 0.3 is 0 Å². The van der Waals surface area contributed by atoms with E-state index in [1.807, 2.05) is 18.2 Å². The van der Waals surface area contributed by atoms with Crippen LogP contribution in [0, 0.1) is 5.92 Å². The summed E-state index contributed by atoms with van der Waals surface area (Å²) in [5.41, 5.74) is 0.958. The molecule has 3 heteroatoms. The van der Waals surface area contributed by atoms with Crippen molar-refractivity contribution in [1.82, 2.24) is 10.2 Å². The van der Waals surface area contributed by atoms with E-state index in [-0.39, 0.29) is 11.3 Å². The predicted octanol–water partition coefficient (Wildman–Crippen LogP) is 2.96. The Hall–Kier alpha value is -1.35. The summed E-state index contributed by atoms with van der Waals surface area (Å²) in [6.45, 7) is 6.72. The number of piperidine rings is 1. The zero-order valence-corrected chi connectivity index (χ0v) is 13.7. The highest BCUT2D eigenvalue weighted by Gasteiger charge is 2.50. The standard InChI is InChI=1S/C19H28N2O/c1-16-8-14-21(15-9-16)13-5-12-20-18(22)19(10-11-19)17-6-3-2-4-7-17/h2-4,6-7,16H,5,8-15H2,1H3,(H,20,22). The second-order valence-electron chi connectivity index (χ2n) is 7.08. The summed E-state index contributed by atoms with van der Waals surface area (Å²) in [5.74, 6) is 1.11. The smallest absolute Gasteiger partial charge is 0.230 e. The molecule has 3 rings (SSSR count). The van der Waals surface area contributed by atoms with Gasteiger partial charge in [-0.05, 0) is 63.2 Å². The van der Waals surface area contributed by atoms with Gasteiger partial charge in [-0.1, -0.05) is 37.3 Å². The summed E-state index contributed by atoms with van der Waals surface area (Å²) in [6.07, 6.45) is 5.69. The maximum absolute atomic E-state index is 12.5. The van der Waals surface area contributed by atoms with Crippen LogP contribution in [0.15, 0.2) is 30.3 Å². The van der Waals surface area contributed by atoms with E-state index >= 15 is 0 Å². The van der Waals surface area contributed by atoms with Crippen LogP contribution in [0.25, 0.3) is 0 Å². The second kappa shape index (κ2) is 6.82. The van der Waals surface area contributed by atoms with Gasteiger partial charge in [-0.2, -0.15) is 0 Å². The van der Waals surface area contributed by atoms with Gasteiger partial charge in [0.1, 0.15) is 0 Å². The zero-order chi connectivity index (χ0) is 15.4. The van der Waals surface area contributed by atoms with Crippen LogP contribution >= 0.6 is 0 Å². The Balaban J connectivity index is 1.40. The Bertz CT molecular complexity index is 487. The molecular weight excluding hydrogens is 272 g/mol. The van der Waals surface area contributed by atoms with Crippen LogP contribution in [-0.2, 0) is 10.2 Å². The molecule has 1 aromatic carbocycles. The minimum atomic E-state index is -0.220. The summed E-state index contributed by atoms with van der Waals surface area (Å²) >= 11 is 0. The number of carbonyl (C=O) groups excluding carboxylic acids is 1. The third-order valence-corrected chi connectivity index (χ3v) is 5.32. The number of nitrogens with zero attached hydrogens (tertiary/aromatic N) is 1. The van der Waals surface area contributed by atoms with E-state index in [4.69, 9.17) is 0 Å². The van der Waals surface area contributed by atoms with Crippen molar-refractivity contribution in [2.24, 2.45) is 5.92 Å². The second-order valence-corrected chi connectivity index (χ2v) is 7.08. The summed E-state index contributed by atoms with van der Waals surface area (Å²) in [6, 6.07) is 10.2. The first-order valence-corrected chi connectivity index (χ1v) is 8.77. The first kappa shape index (κ1) is 15.5. The fraction of sp³-hybridized carbons (Fsp3) is 0.632. The van der Waals surface area contributed by atoms with E-state index in [0.29, 0.717) is 0 Å². The van der Waals surface area contributed by atoms with Crippen molar-refractivity contribution in [3.05, 3.63) is 35.9 Å². The Kier molecular flexibility index (Phi) is 4.82. The van der Waals surface area contributed by atoms with E-state index < -0.39 is 0 Å². The number of nitrogens with one attached hydrogen (secondary N) is 1. The molecule has 2 aliphatic rings. The molecular formula is C19H28N2O. The third-order valence-electron chi connectivity index (χ3n) is 5.32. The molecule has 3 nitrogen and oxygen atoms in total. The fourth-order valence-electron chi connectivity index (χ4n) is 3.49. The van der Waals surface area contributed by atoms with Crippen LogP contribution < -0.4 is 5.32 Å². The summed E-state index contributed by atoms with van der Waals surface area (Å²) in [7, 11) is 0. The van der Waals surface area contributed by atoms with Crippen molar-refractivity contribution in [3.8, 4) is 0 Å². The lowest BCUT2D eigenvalue weighted by Crippen LogP contribution is -2.38. The Morgan fingerprint density at radius 3 is 2.55 bits per heavy atom. The molecule has 1 heterocycles. The van der Waals surface area contributed by atoms with Crippen LogP contribution in [0.5, 0.6) is 0 Å². The summed E-state index contributed by atoms with van der Waals surface area (Å²) in [4.78, 5) is 15.0. The molecule has 1 saturated carbocycles. The molecule has 1 saturated heterocycles. The van der Waals surface area contributed by atoms with Crippen LogP contribution in [-0.4, -0.2) is 37.0 Å². The molecule has 1 aromatic rings. The van der Waals surface area contributed by atoms with Gasteiger partial charge in [0.05, 0.1) is 5.41 Å². The average molecular weight is 300 g/mol. The number of benzene rings is 1. The highest BCUT2D eigenvalue weighted by molar-refractivity contribution is 5.91. The summed E-state index contributed by atoms with van der Waals surface area (Å²) < 4.78 is 0. The third kappa shape index (κ3) is 3.52. The molecule has 22 heavy (non-hydrogen) atoms. The van der Waals surface area contributed by atoms with E-state index in [0.717, 1.165) is 38.3 Å². The SMILES string of the molecule is CC1CCN(CCCNC(=O)C2(c3ccccc3)CC2)CC1. The first-order valence-electron chi connectivity index (χ1n) is 8.77. The minimum Gasteiger partial charge on any atom is -0.355 e. The van der Waals surface area contributed by atoms with Crippen molar-refractivity contribution >= 4 is 5.91 Å². The lowest BCUT2D eigenvalue weighted by Gasteiger charge is -2.30. The molecule has 1 amide bonds. The Morgan fingerprint density at radius 2 is 1.91 bits per heavy atom. The average Bonchev–Trinajstić information content (AvgIpc) is 3.36. The number of amides is 1. The topological polar surface area (TPSA) is 32.3 Å². The van der Waals surface area contributed by atoms with E-state index in [1.54, 1.807) is 0 Å². The number of rotatable bonds is 6. The molecule has 1 aliphatic heterocycles. The van der Waals surface area contributed by atoms with Crippen molar-refractivity contribution in [3.63, 3.8) is 0 Å². The molecule has 1 aliphatic carbocycles. The van der Waals surface area contributed by atoms with Crippen LogP contribution in [0.4, 0.5) is 0 Å². The van der Waals surface area contributed by atoms with Gasteiger partial charge in [0.2, 0.25) is 5.91 Å². The minimum absolute atomic E-state index is 0.220. The first-order chi connectivity index (χ1) is 10.7. The normalized spacial score (nSPS) is 21.5. The molecule has 0 unspecified atom stereocenters. The van der Waals surface area contributed by atoms with Crippen molar-refractivity contribution in [2.75, 3.05) is 26.2 Å². The molecule has 0 radical (unpaired) electrons. The van der Waals surface area contributed by atoms with Crippen molar-refractivity contribution < 1.29 is 4.79 Å². The number of carbonyl (C=O) groups is 1. The van der Waals surface area contributed by atoms with Crippen LogP contribution in [0.1, 0.15) is 44.6 Å². The van der Waals surface area contributed by atoms with Gasteiger partial charge in [-0.3, -0.25) is 4.79 Å². The van der Waals surface area contributed by atoms with Crippen LogP contribution in [0.3, 0.4) is 0 Å². The lowest BCUT2D eigenvalue weighted by atomic mass is 9.95. The Morgan fingerprint density at radius 1 is 1.23 bits per heavy atom. The molecule has 0 aromatic heterocycles. The van der Waals surface area contributed by atoms with E-state index in [2.05, 4.69) is 29.3 Å². The van der Waals surface area contributed by atoms with E-state index in [1.165, 1.54) is 31.5 Å². The molecule has 120 valence electrons. The fourth-order valence-corrected chi connectivity index (χ4v) is 3.49. The molecule has 0 spiro atoms. The maximum atomic E-state index is 12.5. The Labute approximate surface area is 134 Å². The largest absolute Gasteiger partial charge is 0.355 e. The predicted molar refractivity (Wildman–Crippen MR) is 89.8 cm³/mol. The van der Waals surface area contributed by atoms with Gasteiger partial charge in [-0.15, -0.1) is 0 Å². The molecule has 2 fully saturated rings. The van der Waals surface area contributed by atoms with Crippen molar-refractivity contribution in [2.45, 2.75) is 44.4 Å². The number of hydrogen-bond donors (Lipinski definition) is 1. The van der Waals surface area contributed by atoms with Gasteiger partial charge in [0.15, 0.2) is 0 Å². The van der Waals surface area contributed by atoms with Gasteiger partial charge in [0.25, 0.3) is 0 Å². The quantitative estimate of drug-likeness (QED) is 0.819. The number of hydrogen-bond acceptors (Lipinski definition) is 2. The van der Waals surface area contributed by atoms with Gasteiger partial charge < -0.3 is 10.2 Å².